The molecule has 4 heteroatoms. The fourth-order valence-electron chi connectivity index (χ4n) is 8.25. The van der Waals surface area contributed by atoms with Crippen LogP contribution in [0, 0.1) is 0 Å². The van der Waals surface area contributed by atoms with Gasteiger partial charge in [0.1, 0.15) is 0 Å². The molecular weight excluding hydrogens is 678 g/mol. The summed E-state index contributed by atoms with van der Waals surface area (Å²) >= 11 is 0. The number of fused-ring (bicyclic) bond motifs is 3. The largest absolute Gasteiger partial charge is 0.336 e. The topological polar surface area (TPSA) is 22.0 Å². The highest BCUT2D eigenvalue weighted by Gasteiger charge is 2.41. The Balaban J connectivity index is 1.37. The van der Waals surface area contributed by atoms with Crippen LogP contribution in [0.1, 0.15) is 5.56 Å². The van der Waals surface area contributed by atoms with E-state index >= 15 is 4.57 Å². The van der Waals surface area contributed by atoms with E-state index < -0.39 is 15.2 Å². The van der Waals surface area contributed by atoms with Crippen LogP contribution in [0.2, 0.25) is 0 Å². The molecule has 0 amide bonds. The van der Waals surface area contributed by atoms with E-state index in [0.717, 1.165) is 38.9 Å². The number of benzene rings is 8. The molecule has 9 rings (SSSR count). The molecule has 2 nitrogen and oxygen atoms in total. The van der Waals surface area contributed by atoms with E-state index in [1.54, 1.807) is 0 Å². The molecule has 1 heterocycles. The molecule has 0 saturated heterocycles. The quantitative estimate of drug-likeness (QED) is 0.0848. The van der Waals surface area contributed by atoms with Crippen LogP contribution in [0.3, 0.4) is 0 Å². The first-order valence-electron chi connectivity index (χ1n) is 18.2. The van der Waals surface area contributed by atoms with Crippen molar-refractivity contribution in [2.75, 3.05) is 0 Å². The van der Waals surface area contributed by atoms with Crippen LogP contribution in [-0.2, 0) is 11.1 Å². The van der Waals surface area contributed by atoms with E-state index in [0.29, 0.717) is 0 Å². The standard InChI is InChI=1S/C49H38NOPSi/c51-52(39-21-9-2-10-22-39,40-23-11-3-12-24-40)41-31-33-48-46(35-41)47-36-45(32-34-49(47)50(48)37-38-19-7-1-8-20-38)53(42-25-13-4-14-26-42,43-27-15-5-16-28-43)44-29-17-6-18-30-44/h1-36H,37H2. The maximum atomic E-state index is 15.7. The van der Waals surface area contributed by atoms with Crippen molar-refractivity contribution in [3.05, 3.63) is 224 Å². The first kappa shape index (κ1) is 32.9. The van der Waals surface area contributed by atoms with Crippen LogP contribution in [0.5, 0.6) is 0 Å². The molecular formula is C49H38NOPSi. The highest BCUT2D eigenvalue weighted by Crippen LogP contribution is 2.43. The molecule has 254 valence electrons. The molecule has 0 fully saturated rings. The molecule has 0 aliphatic rings. The molecule has 0 unspecified atom stereocenters. The second-order valence-electron chi connectivity index (χ2n) is 13.6. The molecule has 0 saturated carbocycles. The zero-order valence-electron chi connectivity index (χ0n) is 29.3. The second kappa shape index (κ2) is 13.9. The van der Waals surface area contributed by atoms with Crippen LogP contribution in [0.25, 0.3) is 21.8 Å². The summed E-state index contributed by atoms with van der Waals surface area (Å²) in [5.41, 5.74) is 3.53. The molecule has 0 aliphatic carbocycles. The van der Waals surface area contributed by atoms with Gasteiger partial charge in [0.25, 0.3) is 0 Å². The lowest BCUT2D eigenvalue weighted by Crippen LogP contribution is -2.74. The Morgan fingerprint density at radius 2 is 0.774 bits per heavy atom. The zero-order chi connectivity index (χ0) is 35.7. The van der Waals surface area contributed by atoms with Crippen molar-refractivity contribution in [2.24, 2.45) is 0 Å². The second-order valence-corrected chi connectivity index (χ2v) is 20.2. The zero-order valence-corrected chi connectivity index (χ0v) is 31.2. The van der Waals surface area contributed by atoms with Gasteiger partial charge in [0.05, 0.1) is 0 Å². The van der Waals surface area contributed by atoms with Gasteiger partial charge >= 0.3 is 0 Å². The van der Waals surface area contributed by atoms with Crippen molar-refractivity contribution in [1.82, 2.24) is 4.57 Å². The van der Waals surface area contributed by atoms with Gasteiger partial charge in [0, 0.05) is 44.3 Å². The molecule has 0 aliphatic heterocycles. The summed E-state index contributed by atoms with van der Waals surface area (Å²) in [7, 11) is -5.99. The fraction of sp³-hybridized carbons (Fsp3) is 0.0204. The maximum Gasteiger partial charge on any atom is 0.179 e. The Hall–Kier alpha value is -5.99. The van der Waals surface area contributed by atoms with Crippen LogP contribution < -0.4 is 36.7 Å². The third kappa shape index (κ3) is 5.61. The van der Waals surface area contributed by atoms with Gasteiger partial charge in [-0.05, 0) is 50.6 Å². The summed E-state index contributed by atoms with van der Waals surface area (Å²) in [6.45, 7) is 0.729. The van der Waals surface area contributed by atoms with Crippen molar-refractivity contribution >= 4 is 73.7 Å². The molecule has 0 N–H and O–H groups in total. The van der Waals surface area contributed by atoms with E-state index in [1.165, 1.54) is 31.7 Å². The van der Waals surface area contributed by atoms with Crippen molar-refractivity contribution in [3.8, 4) is 0 Å². The van der Waals surface area contributed by atoms with E-state index in [4.69, 9.17) is 0 Å². The van der Waals surface area contributed by atoms with Crippen molar-refractivity contribution in [3.63, 3.8) is 0 Å². The van der Waals surface area contributed by atoms with Crippen molar-refractivity contribution in [2.45, 2.75) is 6.54 Å². The first-order chi connectivity index (χ1) is 26.2. The molecule has 0 atom stereocenters. The van der Waals surface area contributed by atoms with Crippen LogP contribution in [-0.4, -0.2) is 12.6 Å². The monoisotopic (exact) mass is 715 g/mol. The van der Waals surface area contributed by atoms with Crippen molar-refractivity contribution in [1.29, 1.82) is 0 Å². The van der Waals surface area contributed by atoms with Gasteiger partial charge < -0.3 is 9.13 Å². The van der Waals surface area contributed by atoms with Gasteiger partial charge in [-0.3, -0.25) is 0 Å². The van der Waals surface area contributed by atoms with E-state index in [9.17, 15) is 0 Å². The summed E-state index contributed by atoms with van der Waals surface area (Å²) in [5.74, 6) is 0. The Morgan fingerprint density at radius 1 is 0.377 bits per heavy atom. The van der Waals surface area contributed by atoms with Gasteiger partial charge in [-0.2, -0.15) is 0 Å². The average molecular weight is 716 g/mol. The highest BCUT2D eigenvalue weighted by atomic mass is 31.2. The summed E-state index contributed by atoms with van der Waals surface area (Å²) in [6, 6.07) is 77.5. The summed E-state index contributed by atoms with van der Waals surface area (Å²) in [4.78, 5) is 0. The Labute approximate surface area is 312 Å². The van der Waals surface area contributed by atoms with Crippen LogP contribution >= 0.6 is 7.14 Å². The number of hydrogen-bond donors (Lipinski definition) is 0. The predicted molar refractivity (Wildman–Crippen MR) is 228 cm³/mol. The van der Waals surface area contributed by atoms with Gasteiger partial charge in [-0.1, -0.05) is 194 Å². The van der Waals surface area contributed by atoms with E-state index in [2.05, 4.69) is 162 Å². The minimum Gasteiger partial charge on any atom is -0.336 e. The first-order valence-corrected chi connectivity index (χ1v) is 21.9. The van der Waals surface area contributed by atoms with Crippen LogP contribution in [0.15, 0.2) is 218 Å². The molecule has 0 bridgehead atoms. The van der Waals surface area contributed by atoms with E-state index in [-0.39, 0.29) is 0 Å². The number of hydrogen-bond acceptors (Lipinski definition) is 1. The lowest BCUT2D eigenvalue weighted by atomic mass is 10.1. The van der Waals surface area contributed by atoms with Crippen LogP contribution in [0.4, 0.5) is 0 Å². The number of rotatable bonds is 9. The Bertz CT molecular complexity index is 2560. The minimum absolute atomic E-state index is 0.729. The lowest BCUT2D eigenvalue weighted by Gasteiger charge is -2.34. The van der Waals surface area contributed by atoms with Gasteiger partial charge in [0.15, 0.2) is 15.2 Å². The Kier molecular flexibility index (Phi) is 8.60. The Morgan fingerprint density at radius 3 is 1.25 bits per heavy atom. The van der Waals surface area contributed by atoms with Crippen molar-refractivity contribution < 1.29 is 4.57 Å². The predicted octanol–water partition coefficient (Wildman–Crippen LogP) is 7.86. The third-order valence-corrected chi connectivity index (χ3v) is 18.5. The summed E-state index contributed by atoms with van der Waals surface area (Å²) < 4.78 is 18.1. The maximum absolute atomic E-state index is 15.7. The third-order valence-electron chi connectivity index (χ3n) is 10.7. The normalized spacial score (nSPS) is 11.9. The van der Waals surface area contributed by atoms with Gasteiger partial charge in [-0.15, -0.1) is 0 Å². The molecule has 0 spiro atoms. The van der Waals surface area contributed by atoms with E-state index in [1.807, 2.05) is 60.7 Å². The number of nitrogens with zero attached hydrogens (tertiary/aromatic N) is 1. The summed E-state index contributed by atoms with van der Waals surface area (Å²) in [5, 5.41) is 10.1. The minimum atomic E-state index is -3.20. The lowest BCUT2D eigenvalue weighted by molar-refractivity contribution is 0.592. The molecule has 53 heavy (non-hydrogen) atoms. The SMILES string of the molecule is O=P(c1ccccc1)(c1ccccc1)c1ccc2c(c1)c1cc([Si](c3ccccc3)(c3ccccc3)c3ccccc3)ccc1n2Cc1ccccc1. The number of aromatic nitrogens is 1. The molecule has 8 aromatic carbocycles. The highest BCUT2D eigenvalue weighted by molar-refractivity contribution is 7.85. The van der Waals surface area contributed by atoms with Gasteiger partial charge in [0.2, 0.25) is 0 Å². The van der Waals surface area contributed by atoms with Gasteiger partial charge in [-0.25, -0.2) is 0 Å². The smallest absolute Gasteiger partial charge is 0.179 e. The summed E-state index contributed by atoms with van der Waals surface area (Å²) in [6.07, 6.45) is 0. The fourth-order valence-corrected chi connectivity index (χ4v) is 15.7. The molecule has 0 radical (unpaired) electrons. The molecule has 1 aromatic heterocycles. The molecule has 9 aromatic rings. The average Bonchev–Trinajstić information content (AvgIpc) is 3.54.